The number of primary amides is 1. The van der Waals surface area contributed by atoms with Gasteiger partial charge in [-0.3, -0.25) is 4.79 Å². The van der Waals surface area contributed by atoms with Crippen molar-refractivity contribution in [3.05, 3.63) is 29.8 Å². The molecule has 0 heterocycles. The SMILES string of the molecule is CCNC(C(N)=O)c1ccc(SC)cc1. The van der Waals surface area contributed by atoms with Crippen LogP contribution in [0.2, 0.25) is 0 Å². The highest BCUT2D eigenvalue weighted by Crippen LogP contribution is 2.18. The smallest absolute Gasteiger partial charge is 0.239 e. The molecule has 0 spiro atoms. The van der Waals surface area contributed by atoms with E-state index in [2.05, 4.69) is 5.32 Å². The molecule has 0 aliphatic heterocycles. The second kappa shape index (κ2) is 5.78. The molecule has 0 bridgehead atoms. The Morgan fingerprint density at radius 3 is 2.47 bits per heavy atom. The van der Waals surface area contributed by atoms with Gasteiger partial charge in [-0.1, -0.05) is 19.1 Å². The summed E-state index contributed by atoms with van der Waals surface area (Å²) in [4.78, 5) is 12.4. The van der Waals surface area contributed by atoms with Crippen LogP contribution in [0, 0.1) is 0 Å². The Morgan fingerprint density at radius 1 is 1.47 bits per heavy atom. The molecular weight excluding hydrogens is 208 g/mol. The first kappa shape index (κ1) is 12.1. The van der Waals surface area contributed by atoms with Crippen LogP contribution >= 0.6 is 11.8 Å². The van der Waals surface area contributed by atoms with Crippen LogP contribution in [-0.4, -0.2) is 18.7 Å². The third-order valence-corrected chi connectivity index (χ3v) is 2.89. The minimum atomic E-state index is -0.383. The summed E-state index contributed by atoms with van der Waals surface area (Å²) in [5.41, 5.74) is 6.24. The molecule has 1 aromatic rings. The van der Waals surface area contributed by atoms with E-state index < -0.39 is 0 Å². The van der Waals surface area contributed by atoms with Gasteiger partial charge in [-0.05, 0) is 30.5 Å². The van der Waals surface area contributed by atoms with Crippen LogP contribution in [0.5, 0.6) is 0 Å². The van der Waals surface area contributed by atoms with E-state index in [-0.39, 0.29) is 11.9 Å². The zero-order valence-corrected chi connectivity index (χ0v) is 9.80. The van der Waals surface area contributed by atoms with Crippen molar-refractivity contribution >= 4 is 17.7 Å². The largest absolute Gasteiger partial charge is 0.368 e. The van der Waals surface area contributed by atoms with Gasteiger partial charge in [0.15, 0.2) is 0 Å². The second-order valence-corrected chi connectivity index (χ2v) is 4.05. The molecule has 0 saturated heterocycles. The maximum Gasteiger partial charge on any atom is 0.239 e. The summed E-state index contributed by atoms with van der Waals surface area (Å²) in [7, 11) is 0. The van der Waals surface area contributed by atoms with E-state index in [1.54, 1.807) is 11.8 Å². The molecule has 3 N–H and O–H groups in total. The number of rotatable bonds is 5. The topological polar surface area (TPSA) is 55.1 Å². The highest BCUT2D eigenvalue weighted by Gasteiger charge is 2.15. The number of nitrogens with two attached hydrogens (primary N) is 1. The maximum atomic E-state index is 11.2. The van der Waals surface area contributed by atoms with Crippen molar-refractivity contribution < 1.29 is 4.79 Å². The first-order valence-corrected chi connectivity index (χ1v) is 6.08. The summed E-state index contributed by atoms with van der Waals surface area (Å²) < 4.78 is 0. The fourth-order valence-electron chi connectivity index (χ4n) is 1.38. The van der Waals surface area contributed by atoms with Crippen LogP contribution in [0.25, 0.3) is 0 Å². The molecule has 1 rings (SSSR count). The first-order valence-electron chi connectivity index (χ1n) is 4.85. The summed E-state index contributed by atoms with van der Waals surface area (Å²) in [6.45, 7) is 2.67. The molecule has 0 aromatic heterocycles. The van der Waals surface area contributed by atoms with Gasteiger partial charge in [0.1, 0.15) is 6.04 Å². The summed E-state index contributed by atoms with van der Waals surface area (Å²) >= 11 is 1.67. The van der Waals surface area contributed by atoms with Gasteiger partial charge >= 0.3 is 0 Å². The lowest BCUT2D eigenvalue weighted by Gasteiger charge is -2.14. The Bertz CT molecular complexity index is 324. The van der Waals surface area contributed by atoms with Crippen LogP contribution in [0.4, 0.5) is 0 Å². The van der Waals surface area contributed by atoms with Gasteiger partial charge in [0, 0.05) is 4.90 Å². The molecule has 1 atom stereocenters. The highest BCUT2D eigenvalue weighted by atomic mass is 32.2. The summed E-state index contributed by atoms with van der Waals surface area (Å²) in [5, 5.41) is 3.05. The van der Waals surface area contributed by atoms with Crippen molar-refractivity contribution in [1.82, 2.24) is 5.32 Å². The van der Waals surface area contributed by atoms with Crippen molar-refractivity contribution in [2.75, 3.05) is 12.8 Å². The van der Waals surface area contributed by atoms with E-state index in [4.69, 9.17) is 5.73 Å². The predicted octanol–water partition coefficient (Wildman–Crippen LogP) is 1.54. The van der Waals surface area contributed by atoms with Crippen molar-refractivity contribution in [1.29, 1.82) is 0 Å². The average Bonchev–Trinajstić information content (AvgIpc) is 2.26. The van der Waals surface area contributed by atoms with Gasteiger partial charge in [-0.2, -0.15) is 0 Å². The van der Waals surface area contributed by atoms with E-state index in [1.165, 1.54) is 4.90 Å². The number of hydrogen-bond acceptors (Lipinski definition) is 3. The minimum Gasteiger partial charge on any atom is -0.368 e. The molecule has 15 heavy (non-hydrogen) atoms. The van der Waals surface area contributed by atoms with Crippen LogP contribution in [-0.2, 0) is 4.79 Å². The Hall–Kier alpha value is -1.00. The Morgan fingerprint density at radius 2 is 2.07 bits per heavy atom. The molecule has 3 nitrogen and oxygen atoms in total. The van der Waals surface area contributed by atoms with Crippen molar-refractivity contribution in [2.45, 2.75) is 17.9 Å². The molecule has 1 unspecified atom stereocenters. The summed E-state index contributed by atoms with van der Waals surface area (Å²) in [5.74, 6) is -0.339. The quantitative estimate of drug-likeness (QED) is 0.746. The third kappa shape index (κ3) is 3.25. The summed E-state index contributed by atoms with van der Waals surface area (Å²) in [6, 6.07) is 7.47. The van der Waals surface area contributed by atoms with E-state index >= 15 is 0 Å². The van der Waals surface area contributed by atoms with E-state index in [1.807, 2.05) is 37.4 Å². The molecule has 1 amide bonds. The number of thioether (sulfide) groups is 1. The third-order valence-electron chi connectivity index (χ3n) is 2.14. The van der Waals surface area contributed by atoms with Crippen LogP contribution in [0.3, 0.4) is 0 Å². The van der Waals surface area contributed by atoms with Gasteiger partial charge in [0.25, 0.3) is 0 Å². The number of carbonyl (C=O) groups is 1. The number of benzene rings is 1. The highest BCUT2D eigenvalue weighted by molar-refractivity contribution is 7.98. The van der Waals surface area contributed by atoms with Crippen molar-refractivity contribution in [3.63, 3.8) is 0 Å². The van der Waals surface area contributed by atoms with Gasteiger partial charge in [0.05, 0.1) is 0 Å². The number of amides is 1. The molecule has 82 valence electrons. The Kier molecular flexibility index (Phi) is 4.65. The predicted molar refractivity (Wildman–Crippen MR) is 63.8 cm³/mol. The van der Waals surface area contributed by atoms with Crippen molar-refractivity contribution in [2.24, 2.45) is 5.73 Å². The normalized spacial score (nSPS) is 12.4. The molecule has 0 fully saturated rings. The van der Waals surface area contributed by atoms with E-state index in [0.29, 0.717) is 0 Å². The number of hydrogen-bond donors (Lipinski definition) is 2. The monoisotopic (exact) mass is 224 g/mol. The maximum absolute atomic E-state index is 11.2. The Balaban J connectivity index is 2.86. The number of likely N-dealkylation sites (N-methyl/N-ethyl adjacent to an activating group) is 1. The van der Waals surface area contributed by atoms with Crippen LogP contribution in [0.1, 0.15) is 18.5 Å². The summed E-state index contributed by atoms with van der Waals surface area (Å²) in [6.07, 6.45) is 2.02. The standard InChI is InChI=1S/C11H16N2OS/c1-3-13-10(11(12)14)8-4-6-9(15-2)7-5-8/h4-7,10,13H,3H2,1-2H3,(H2,12,14). The average molecular weight is 224 g/mol. The molecule has 4 heteroatoms. The molecule has 0 radical (unpaired) electrons. The molecule has 0 aliphatic rings. The molecule has 1 aromatic carbocycles. The molecule has 0 saturated carbocycles. The Labute approximate surface area is 94.4 Å². The lowest BCUT2D eigenvalue weighted by molar-refractivity contribution is -0.120. The van der Waals surface area contributed by atoms with Gasteiger partial charge < -0.3 is 11.1 Å². The second-order valence-electron chi connectivity index (χ2n) is 3.17. The van der Waals surface area contributed by atoms with Gasteiger partial charge in [0.2, 0.25) is 5.91 Å². The van der Waals surface area contributed by atoms with Crippen LogP contribution < -0.4 is 11.1 Å². The van der Waals surface area contributed by atoms with E-state index in [9.17, 15) is 4.79 Å². The van der Waals surface area contributed by atoms with E-state index in [0.717, 1.165) is 12.1 Å². The van der Waals surface area contributed by atoms with Crippen LogP contribution in [0.15, 0.2) is 29.2 Å². The molecule has 0 aliphatic carbocycles. The zero-order valence-electron chi connectivity index (χ0n) is 8.99. The fourth-order valence-corrected chi connectivity index (χ4v) is 1.79. The van der Waals surface area contributed by atoms with Crippen molar-refractivity contribution in [3.8, 4) is 0 Å². The number of carbonyl (C=O) groups excluding carboxylic acids is 1. The number of nitrogens with one attached hydrogen (secondary N) is 1. The lowest BCUT2D eigenvalue weighted by atomic mass is 10.1. The van der Waals surface area contributed by atoms with Gasteiger partial charge in [-0.25, -0.2) is 0 Å². The zero-order chi connectivity index (χ0) is 11.3. The lowest BCUT2D eigenvalue weighted by Crippen LogP contribution is -2.33. The molecular formula is C11H16N2OS. The fraction of sp³-hybridized carbons (Fsp3) is 0.364. The minimum absolute atomic E-state index is 0.339. The first-order chi connectivity index (χ1) is 7.19. The van der Waals surface area contributed by atoms with Gasteiger partial charge in [-0.15, -0.1) is 11.8 Å².